The van der Waals surface area contributed by atoms with E-state index in [9.17, 15) is 24.5 Å². The van der Waals surface area contributed by atoms with E-state index in [1.54, 1.807) is 0 Å². The fraction of sp³-hybridized carbons (Fsp3) is 0.308. The lowest BCUT2D eigenvalue weighted by Gasteiger charge is -2.06. The Bertz CT molecular complexity index is 552. The molecule has 1 aromatic carbocycles. The molecular formula is C13H13NO6. The molecule has 0 saturated heterocycles. The van der Waals surface area contributed by atoms with Gasteiger partial charge in [0.2, 0.25) is 0 Å². The van der Waals surface area contributed by atoms with Gasteiger partial charge in [0.1, 0.15) is 12.4 Å². The zero-order chi connectivity index (χ0) is 15.1. The van der Waals surface area contributed by atoms with Crippen LogP contribution < -0.4 is 0 Å². The van der Waals surface area contributed by atoms with E-state index in [2.05, 4.69) is 0 Å². The molecule has 0 fully saturated rings. The third kappa shape index (κ3) is 4.60. The van der Waals surface area contributed by atoms with E-state index in [1.165, 1.54) is 19.1 Å². The SMILES string of the molecule is CC(=O)CCC(=O)OCc1ccc([N+](=O)[O-])cc1C=O. The molecule has 106 valence electrons. The van der Waals surface area contributed by atoms with E-state index in [1.807, 2.05) is 0 Å². The molecule has 1 rings (SSSR count). The Kier molecular flexibility index (Phi) is 5.52. The smallest absolute Gasteiger partial charge is 0.306 e. The predicted octanol–water partition coefficient (Wildman–Crippen LogP) is 1.82. The first-order valence-electron chi connectivity index (χ1n) is 5.81. The average molecular weight is 279 g/mol. The van der Waals surface area contributed by atoms with Crippen molar-refractivity contribution in [3.63, 3.8) is 0 Å². The minimum Gasteiger partial charge on any atom is -0.461 e. The number of non-ortho nitro benzene ring substituents is 1. The molecule has 0 N–H and O–H groups in total. The van der Waals surface area contributed by atoms with Crippen molar-refractivity contribution >= 4 is 23.7 Å². The molecule has 0 saturated carbocycles. The molecule has 0 unspecified atom stereocenters. The molecule has 0 radical (unpaired) electrons. The fourth-order valence-corrected chi connectivity index (χ4v) is 1.45. The van der Waals surface area contributed by atoms with E-state index in [4.69, 9.17) is 4.74 Å². The summed E-state index contributed by atoms with van der Waals surface area (Å²) < 4.78 is 4.90. The summed E-state index contributed by atoms with van der Waals surface area (Å²) in [5, 5.41) is 10.6. The molecule has 0 heterocycles. The van der Waals surface area contributed by atoms with Crippen molar-refractivity contribution < 1.29 is 24.0 Å². The molecule has 0 aliphatic carbocycles. The van der Waals surface area contributed by atoms with Crippen LogP contribution >= 0.6 is 0 Å². The van der Waals surface area contributed by atoms with Gasteiger partial charge < -0.3 is 9.53 Å². The number of nitrogens with zero attached hydrogens (tertiary/aromatic N) is 1. The van der Waals surface area contributed by atoms with Gasteiger partial charge in [-0.3, -0.25) is 19.7 Å². The highest BCUT2D eigenvalue weighted by Crippen LogP contribution is 2.17. The Labute approximate surface area is 114 Å². The monoisotopic (exact) mass is 279 g/mol. The number of Topliss-reactive ketones (excluding diaryl/α,β-unsaturated/α-hetero) is 1. The largest absolute Gasteiger partial charge is 0.461 e. The minimum absolute atomic E-state index is 0.0290. The van der Waals surface area contributed by atoms with E-state index >= 15 is 0 Å². The highest BCUT2D eigenvalue weighted by Gasteiger charge is 2.12. The summed E-state index contributed by atoms with van der Waals surface area (Å²) in [6.07, 6.45) is 0.532. The van der Waals surface area contributed by atoms with Crippen LogP contribution in [-0.4, -0.2) is 23.0 Å². The Morgan fingerprint density at radius 3 is 2.60 bits per heavy atom. The topological polar surface area (TPSA) is 104 Å². The number of aldehydes is 1. The van der Waals surface area contributed by atoms with Gasteiger partial charge in [-0.15, -0.1) is 0 Å². The van der Waals surface area contributed by atoms with Gasteiger partial charge in [0, 0.05) is 29.7 Å². The molecule has 0 aliphatic rings. The van der Waals surface area contributed by atoms with Gasteiger partial charge in [0.25, 0.3) is 5.69 Å². The number of nitro benzene ring substituents is 1. The standard InChI is InChI=1S/C13H13NO6/c1-9(16)2-5-13(17)20-8-10-3-4-12(14(18)19)6-11(10)7-15/h3-4,6-7H,2,5,8H2,1H3. The summed E-state index contributed by atoms with van der Waals surface area (Å²) in [6.45, 7) is 1.21. The number of hydrogen-bond donors (Lipinski definition) is 0. The third-order valence-corrected chi connectivity index (χ3v) is 2.54. The molecule has 0 spiro atoms. The molecule has 0 amide bonds. The second kappa shape index (κ2) is 7.13. The first-order chi connectivity index (χ1) is 9.43. The molecule has 1 aromatic rings. The summed E-state index contributed by atoms with van der Waals surface area (Å²) in [7, 11) is 0. The summed E-state index contributed by atoms with van der Waals surface area (Å²) in [5.74, 6) is -0.679. The van der Waals surface area contributed by atoms with Crippen molar-refractivity contribution in [2.45, 2.75) is 26.4 Å². The number of ketones is 1. The van der Waals surface area contributed by atoms with Crippen molar-refractivity contribution in [2.24, 2.45) is 0 Å². The maximum Gasteiger partial charge on any atom is 0.306 e. The van der Waals surface area contributed by atoms with E-state index < -0.39 is 10.9 Å². The number of hydrogen-bond acceptors (Lipinski definition) is 6. The molecule has 7 nitrogen and oxygen atoms in total. The normalized spacial score (nSPS) is 9.85. The average Bonchev–Trinajstić information content (AvgIpc) is 2.42. The van der Waals surface area contributed by atoms with Crippen LogP contribution in [0.3, 0.4) is 0 Å². The van der Waals surface area contributed by atoms with Crippen molar-refractivity contribution in [3.8, 4) is 0 Å². The van der Waals surface area contributed by atoms with Crippen LogP contribution in [0.2, 0.25) is 0 Å². The Balaban J connectivity index is 2.68. The quantitative estimate of drug-likeness (QED) is 0.326. The Morgan fingerprint density at radius 1 is 1.35 bits per heavy atom. The van der Waals surface area contributed by atoms with Crippen molar-refractivity contribution in [1.82, 2.24) is 0 Å². The van der Waals surface area contributed by atoms with Gasteiger partial charge in [-0.05, 0) is 13.0 Å². The van der Waals surface area contributed by atoms with Crippen LogP contribution in [0.1, 0.15) is 35.7 Å². The number of ether oxygens (including phenoxy) is 1. The van der Waals surface area contributed by atoms with Crippen LogP contribution in [0, 0.1) is 10.1 Å². The lowest BCUT2D eigenvalue weighted by Crippen LogP contribution is -2.07. The predicted molar refractivity (Wildman–Crippen MR) is 68.2 cm³/mol. The first-order valence-corrected chi connectivity index (χ1v) is 5.81. The molecular weight excluding hydrogens is 266 g/mol. The highest BCUT2D eigenvalue weighted by molar-refractivity contribution is 5.81. The van der Waals surface area contributed by atoms with Gasteiger partial charge in [0.15, 0.2) is 6.29 Å². The van der Waals surface area contributed by atoms with E-state index in [0.717, 1.165) is 6.07 Å². The van der Waals surface area contributed by atoms with Crippen LogP contribution in [0.5, 0.6) is 0 Å². The number of esters is 1. The van der Waals surface area contributed by atoms with E-state index in [0.29, 0.717) is 11.8 Å². The maximum atomic E-state index is 11.3. The molecule has 0 aromatic heterocycles. The molecule has 20 heavy (non-hydrogen) atoms. The van der Waals surface area contributed by atoms with Gasteiger partial charge in [-0.2, -0.15) is 0 Å². The van der Waals surface area contributed by atoms with Gasteiger partial charge in [-0.25, -0.2) is 0 Å². The van der Waals surface area contributed by atoms with Crippen LogP contribution in [0.25, 0.3) is 0 Å². The van der Waals surface area contributed by atoms with Crippen LogP contribution in [0.4, 0.5) is 5.69 Å². The van der Waals surface area contributed by atoms with Crippen molar-refractivity contribution in [3.05, 3.63) is 39.4 Å². The maximum absolute atomic E-state index is 11.3. The molecule has 0 bridgehead atoms. The number of nitro groups is 1. The zero-order valence-electron chi connectivity index (χ0n) is 10.8. The highest BCUT2D eigenvalue weighted by atomic mass is 16.6. The van der Waals surface area contributed by atoms with Gasteiger partial charge in [-0.1, -0.05) is 0 Å². The summed E-state index contributed by atoms with van der Waals surface area (Å²) >= 11 is 0. The number of carbonyl (C=O) groups excluding carboxylic acids is 3. The summed E-state index contributed by atoms with van der Waals surface area (Å²) in [4.78, 5) is 42.8. The van der Waals surface area contributed by atoms with Crippen molar-refractivity contribution in [2.75, 3.05) is 0 Å². The van der Waals surface area contributed by atoms with Gasteiger partial charge in [0.05, 0.1) is 11.3 Å². The lowest BCUT2D eigenvalue weighted by molar-refractivity contribution is -0.384. The Morgan fingerprint density at radius 2 is 2.05 bits per heavy atom. The third-order valence-electron chi connectivity index (χ3n) is 2.54. The van der Waals surface area contributed by atoms with Crippen LogP contribution in [0.15, 0.2) is 18.2 Å². The van der Waals surface area contributed by atoms with Crippen molar-refractivity contribution in [1.29, 1.82) is 0 Å². The molecule has 0 aliphatic heterocycles. The second-order valence-electron chi connectivity index (χ2n) is 4.12. The van der Waals surface area contributed by atoms with Gasteiger partial charge >= 0.3 is 5.97 Å². The number of rotatable bonds is 7. The number of carbonyl (C=O) groups is 3. The lowest BCUT2D eigenvalue weighted by atomic mass is 10.1. The fourth-order valence-electron chi connectivity index (χ4n) is 1.45. The summed E-state index contributed by atoms with van der Waals surface area (Å²) in [6, 6.07) is 3.71. The Hall–Kier alpha value is -2.57. The van der Waals surface area contributed by atoms with E-state index in [-0.39, 0.29) is 36.5 Å². The molecule has 0 atom stereocenters. The van der Waals surface area contributed by atoms with Crippen LogP contribution in [-0.2, 0) is 20.9 Å². The molecule has 7 heteroatoms. The summed E-state index contributed by atoms with van der Waals surface area (Å²) in [5.41, 5.74) is 0.263. The first kappa shape index (κ1) is 15.5. The number of benzene rings is 1. The second-order valence-corrected chi connectivity index (χ2v) is 4.12. The minimum atomic E-state index is -0.615. The zero-order valence-corrected chi connectivity index (χ0v) is 10.8.